The first kappa shape index (κ1) is 19.1. The molecule has 0 unspecified atom stereocenters. The number of benzene rings is 2. The molecular formula is C18H12Br2N2O5. The van der Waals surface area contributed by atoms with E-state index in [1.165, 1.54) is 25.3 Å². The number of halogens is 2. The summed E-state index contributed by atoms with van der Waals surface area (Å²) in [4.78, 5) is 38.1. The Balaban J connectivity index is 2.06. The molecule has 0 atom stereocenters. The van der Waals surface area contributed by atoms with E-state index in [4.69, 9.17) is 4.74 Å². The van der Waals surface area contributed by atoms with Gasteiger partial charge in [0, 0.05) is 4.47 Å². The van der Waals surface area contributed by atoms with Gasteiger partial charge in [0.2, 0.25) is 0 Å². The number of nitrogens with zero attached hydrogens (tertiary/aromatic N) is 1. The van der Waals surface area contributed by atoms with Crippen molar-refractivity contribution < 1.29 is 24.2 Å². The number of carbonyl (C=O) groups excluding carboxylic acids is 3. The van der Waals surface area contributed by atoms with E-state index in [1.807, 2.05) is 0 Å². The minimum absolute atomic E-state index is 0.106. The van der Waals surface area contributed by atoms with Gasteiger partial charge in [0.25, 0.3) is 11.8 Å². The van der Waals surface area contributed by atoms with E-state index >= 15 is 0 Å². The van der Waals surface area contributed by atoms with Gasteiger partial charge in [-0.1, -0.05) is 22.0 Å². The molecule has 138 valence electrons. The summed E-state index contributed by atoms with van der Waals surface area (Å²) in [6, 6.07) is 8.74. The Kier molecular flexibility index (Phi) is 5.33. The zero-order valence-corrected chi connectivity index (χ0v) is 17.0. The summed E-state index contributed by atoms with van der Waals surface area (Å²) >= 11 is 6.47. The van der Waals surface area contributed by atoms with Crippen molar-refractivity contribution in [3.8, 4) is 11.5 Å². The molecule has 2 aromatic rings. The smallest absolute Gasteiger partial charge is 0.335 e. The van der Waals surface area contributed by atoms with Crippen molar-refractivity contribution in [1.29, 1.82) is 0 Å². The van der Waals surface area contributed by atoms with Gasteiger partial charge < -0.3 is 9.84 Å². The molecule has 0 aromatic heterocycles. The molecule has 9 heteroatoms. The fourth-order valence-corrected chi connectivity index (χ4v) is 3.35. The molecule has 0 aliphatic carbocycles. The molecule has 0 bridgehead atoms. The van der Waals surface area contributed by atoms with Crippen molar-refractivity contribution in [3.63, 3.8) is 0 Å². The lowest BCUT2D eigenvalue weighted by atomic mass is 10.1. The van der Waals surface area contributed by atoms with E-state index in [0.29, 0.717) is 20.2 Å². The number of barbiturate groups is 1. The minimum atomic E-state index is -0.829. The number of aromatic hydroxyl groups is 1. The molecule has 4 amide bonds. The number of amides is 4. The van der Waals surface area contributed by atoms with Gasteiger partial charge in [-0.25, -0.2) is 9.69 Å². The average Bonchev–Trinajstić information content (AvgIpc) is 2.61. The number of phenols is 1. The summed E-state index contributed by atoms with van der Waals surface area (Å²) in [6.45, 7) is 0. The molecule has 27 heavy (non-hydrogen) atoms. The second-order valence-corrected chi connectivity index (χ2v) is 7.26. The molecule has 3 rings (SSSR count). The van der Waals surface area contributed by atoms with Gasteiger partial charge >= 0.3 is 6.03 Å². The van der Waals surface area contributed by atoms with E-state index in [9.17, 15) is 19.5 Å². The maximum atomic E-state index is 12.8. The average molecular weight is 496 g/mol. The molecule has 0 saturated carbocycles. The van der Waals surface area contributed by atoms with Crippen molar-refractivity contribution in [2.45, 2.75) is 0 Å². The summed E-state index contributed by atoms with van der Waals surface area (Å²) in [5.74, 6) is -1.51. The van der Waals surface area contributed by atoms with E-state index in [1.54, 1.807) is 24.3 Å². The highest BCUT2D eigenvalue weighted by Gasteiger charge is 2.36. The van der Waals surface area contributed by atoms with Crippen molar-refractivity contribution in [2.75, 3.05) is 12.0 Å². The number of urea groups is 1. The second-order valence-electron chi connectivity index (χ2n) is 5.49. The molecule has 1 fully saturated rings. The maximum Gasteiger partial charge on any atom is 0.335 e. The van der Waals surface area contributed by atoms with Crippen LogP contribution in [0.1, 0.15) is 5.56 Å². The Labute approximate surface area is 170 Å². The van der Waals surface area contributed by atoms with Crippen LogP contribution in [0, 0.1) is 0 Å². The standard InChI is InChI=1S/C18H12Br2N2O5/c1-27-14-7-9(6-13(20)15(14)23)5-12-16(24)21-18(26)22(17(12)25)11-4-2-3-10(19)8-11/h2-8,23H,1H3,(H,21,24,26). The topological polar surface area (TPSA) is 95.9 Å². The lowest BCUT2D eigenvalue weighted by Gasteiger charge is -2.26. The third-order valence-electron chi connectivity index (χ3n) is 3.75. The summed E-state index contributed by atoms with van der Waals surface area (Å²) in [5, 5.41) is 12.0. The monoisotopic (exact) mass is 494 g/mol. The zero-order valence-electron chi connectivity index (χ0n) is 13.8. The maximum absolute atomic E-state index is 12.8. The highest BCUT2D eigenvalue weighted by molar-refractivity contribution is 9.10. The van der Waals surface area contributed by atoms with Crippen LogP contribution in [0.5, 0.6) is 11.5 Å². The van der Waals surface area contributed by atoms with Gasteiger partial charge in [0.05, 0.1) is 17.3 Å². The van der Waals surface area contributed by atoms with Gasteiger partial charge in [0.15, 0.2) is 11.5 Å². The van der Waals surface area contributed by atoms with Crippen LogP contribution in [0.4, 0.5) is 10.5 Å². The SMILES string of the molecule is COc1cc(C=C2C(=O)NC(=O)N(c3cccc(Br)c3)C2=O)cc(Br)c1O. The Morgan fingerprint density at radius 3 is 2.56 bits per heavy atom. The van der Waals surface area contributed by atoms with Gasteiger partial charge in [-0.15, -0.1) is 0 Å². The van der Waals surface area contributed by atoms with Gasteiger partial charge in [0.1, 0.15) is 5.57 Å². The molecular weight excluding hydrogens is 484 g/mol. The molecule has 0 radical (unpaired) electrons. The number of imide groups is 2. The van der Waals surface area contributed by atoms with Crippen LogP contribution in [0.2, 0.25) is 0 Å². The number of ether oxygens (including phenoxy) is 1. The second kappa shape index (κ2) is 7.53. The fourth-order valence-electron chi connectivity index (χ4n) is 2.51. The number of methoxy groups -OCH3 is 1. The quantitative estimate of drug-likeness (QED) is 0.501. The fraction of sp³-hybridized carbons (Fsp3) is 0.0556. The van der Waals surface area contributed by atoms with E-state index in [0.717, 1.165) is 4.90 Å². The van der Waals surface area contributed by atoms with Crippen molar-refractivity contribution in [3.05, 3.63) is 56.5 Å². The zero-order chi connectivity index (χ0) is 19.7. The summed E-state index contributed by atoms with van der Waals surface area (Å²) in [7, 11) is 1.38. The number of phenolic OH excluding ortho intramolecular Hbond substituents is 1. The van der Waals surface area contributed by atoms with Gasteiger partial charge in [-0.05, 0) is 57.9 Å². The molecule has 1 aliphatic rings. The molecule has 2 aromatic carbocycles. The number of carbonyl (C=O) groups is 3. The van der Waals surface area contributed by atoms with Crippen molar-refractivity contribution in [1.82, 2.24) is 5.32 Å². The van der Waals surface area contributed by atoms with E-state index in [-0.39, 0.29) is 17.1 Å². The largest absolute Gasteiger partial charge is 0.503 e. The van der Waals surface area contributed by atoms with Crippen LogP contribution in [0.15, 0.2) is 50.9 Å². The van der Waals surface area contributed by atoms with Gasteiger partial charge in [-0.3, -0.25) is 14.9 Å². The summed E-state index contributed by atoms with van der Waals surface area (Å²) in [5.41, 5.74) is 0.516. The summed E-state index contributed by atoms with van der Waals surface area (Å²) < 4.78 is 6.07. The third kappa shape index (κ3) is 3.74. The first-order valence-corrected chi connectivity index (χ1v) is 9.14. The minimum Gasteiger partial charge on any atom is -0.503 e. The lowest BCUT2D eigenvalue weighted by molar-refractivity contribution is -0.122. The van der Waals surface area contributed by atoms with Crippen LogP contribution < -0.4 is 15.0 Å². The van der Waals surface area contributed by atoms with E-state index < -0.39 is 17.8 Å². The molecule has 1 aliphatic heterocycles. The third-order valence-corrected chi connectivity index (χ3v) is 4.85. The Morgan fingerprint density at radius 1 is 1.15 bits per heavy atom. The molecule has 1 saturated heterocycles. The predicted molar refractivity (Wildman–Crippen MR) is 106 cm³/mol. The molecule has 7 nitrogen and oxygen atoms in total. The summed E-state index contributed by atoms with van der Waals surface area (Å²) in [6.07, 6.45) is 1.32. The molecule has 2 N–H and O–H groups in total. The van der Waals surface area contributed by atoms with Crippen molar-refractivity contribution >= 4 is 61.5 Å². The van der Waals surface area contributed by atoms with Crippen LogP contribution in [0.3, 0.4) is 0 Å². The number of rotatable bonds is 3. The van der Waals surface area contributed by atoms with Crippen LogP contribution in [-0.4, -0.2) is 30.1 Å². The Morgan fingerprint density at radius 2 is 1.89 bits per heavy atom. The predicted octanol–water partition coefficient (Wildman–Crippen LogP) is 3.59. The normalized spacial score (nSPS) is 15.9. The number of anilines is 1. The first-order valence-electron chi connectivity index (χ1n) is 7.55. The van der Waals surface area contributed by atoms with Crippen LogP contribution >= 0.6 is 31.9 Å². The molecule has 0 spiro atoms. The lowest BCUT2D eigenvalue weighted by Crippen LogP contribution is -2.54. The Hall–Kier alpha value is -2.65. The number of nitrogens with one attached hydrogen (secondary N) is 1. The highest BCUT2D eigenvalue weighted by Crippen LogP contribution is 2.36. The molecule has 1 heterocycles. The highest BCUT2D eigenvalue weighted by atomic mass is 79.9. The Bertz CT molecular complexity index is 1000. The van der Waals surface area contributed by atoms with E-state index in [2.05, 4.69) is 37.2 Å². The number of hydrogen-bond acceptors (Lipinski definition) is 5. The van der Waals surface area contributed by atoms with Crippen molar-refractivity contribution in [2.24, 2.45) is 0 Å². The first-order chi connectivity index (χ1) is 12.8. The van der Waals surface area contributed by atoms with Crippen LogP contribution in [-0.2, 0) is 9.59 Å². The van der Waals surface area contributed by atoms with Crippen LogP contribution in [0.25, 0.3) is 6.08 Å². The number of hydrogen-bond donors (Lipinski definition) is 2. The van der Waals surface area contributed by atoms with Gasteiger partial charge in [-0.2, -0.15) is 0 Å².